The molecule has 2 amide bonds. The zero-order valence-electron chi connectivity index (χ0n) is 15.1. The first-order chi connectivity index (χ1) is 13.4. The Morgan fingerprint density at radius 1 is 1.11 bits per heavy atom. The Morgan fingerprint density at radius 3 is 2.43 bits per heavy atom. The summed E-state index contributed by atoms with van der Waals surface area (Å²) >= 11 is 6.09. The van der Waals surface area contributed by atoms with Crippen LogP contribution >= 0.6 is 11.6 Å². The van der Waals surface area contributed by atoms with Crippen LogP contribution < -0.4 is 10.6 Å². The molecule has 0 heterocycles. The molecule has 0 radical (unpaired) electrons. The van der Waals surface area contributed by atoms with Crippen molar-refractivity contribution in [2.24, 2.45) is 0 Å². The van der Waals surface area contributed by atoms with Crippen molar-refractivity contribution in [3.63, 3.8) is 0 Å². The summed E-state index contributed by atoms with van der Waals surface area (Å²) in [6, 6.07) is 14.5. The molecule has 8 heteroatoms. The Balaban J connectivity index is 1.84. The molecule has 0 unspecified atom stereocenters. The summed E-state index contributed by atoms with van der Waals surface area (Å²) < 4.78 is 5.00. The van der Waals surface area contributed by atoms with Gasteiger partial charge in [-0.1, -0.05) is 29.8 Å². The number of halogens is 1. The summed E-state index contributed by atoms with van der Waals surface area (Å²) in [5.41, 5.74) is 1.44. The number of carbonyl (C=O) groups is 3. The highest BCUT2D eigenvalue weighted by Gasteiger charge is 2.15. The minimum absolute atomic E-state index is 0.227. The number of nitriles is 1. The van der Waals surface area contributed by atoms with Crippen molar-refractivity contribution < 1.29 is 19.1 Å². The fraction of sp³-hybridized carbons (Fsp3) is 0.200. The van der Waals surface area contributed by atoms with Crippen molar-refractivity contribution in [2.75, 3.05) is 11.9 Å². The second kappa shape index (κ2) is 10.1. The van der Waals surface area contributed by atoms with Crippen molar-refractivity contribution in [1.82, 2.24) is 5.32 Å². The van der Waals surface area contributed by atoms with Gasteiger partial charge in [0, 0.05) is 10.7 Å². The molecule has 0 aliphatic heterocycles. The summed E-state index contributed by atoms with van der Waals surface area (Å²) in [6.45, 7) is 1.34. The highest BCUT2D eigenvalue weighted by Crippen LogP contribution is 2.22. The van der Waals surface area contributed by atoms with E-state index in [0.717, 1.165) is 5.56 Å². The first-order valence-corrected chi connectivity index (χ1v) is 8.76. The molecule has 2 aromatic carbocycles. The second-order valence-electron chi connectivity index (χ2n) is 5.85. The monoisotopic (exact) mass is 399 g/mol. The number of rotatable bonds is 7. The third-order valence-corrected chi connectivity index (χ3v) is 4.07. The molecule has 28 heavy (non-hydrogen) atoms. The van der Waals surface area contributed by atoms with Crippen LogP contribution in [0, 0.1) is 11.3 Å². The third kappa shape index (κ3) is 6.11. The number of anilines is 1. The van der Waals surface area contributed by atoms with Crippen molar-refractivity contribution in [3.8, 4) is 6.07 Å². The van der Waals surface area contributed by atoms with Crippen LogP contribution in [0.15, 0.2) is 48.5 Å². The molecule has 2 aromatic rings. The molecule has 0 spiro atoms. The minimum Gasteiger partial charge on any atom is -0.452 e. The molecule has 0 bridgehead atoms. The van der Waals surface area contributed by atoms with Gasteiger partial charge in [-0.05, 0) is 42.8 Å². The first kappa shape index (κ1) is 20.9. The Hall–Kier alpha value is -3.37. The Bertz CT molecular complexity index is 906. The van der Waals surface area contributed by atoms with Gasteiger partial charge in [0.1, 0.15) is 6.42 Å². The number of hydrogen-bond acceptors (Lipinski definition) is 5. The molecule has 0 aromatic heterocycles. The molecule has 1 atom stereocenters. The van der Waals surface area contributed by atoms with E-state index in [1.165, 1.54) is 24.3 Å². The van der Waals surface area contributed by atoms with Gasteiger partial charge in [-0.15, -0.1) is 0 Å². The summed E-state index contributed by atoms with van der Waals surface area (Å²) in [6.07, 6.45) is -0.258. The highest BCUT2D eigenvalue weighted by molar-refractivity contribution is 6.31. The van der Waals surface area contributed by atoms with Gasteiger partial charge in [-0.2, -0.15) is 5.26 Å². The molecule has 0 saturated carbocycles. The van der Waals surface area contributed by atoms with Gasteiger partial charge in [0.25, 0.3) is 5.91 Å². The van der Waals surface area contributed by atoms with Gasteiger partial charge in [-0.3, -0.25) is 9.59 Å². The topological polar surface area (TPSA) is 108 Å². The molecule has 0 saturated heterocycles. The van der Waals surface area contributed by atoms with Gasteiger partial charge in [0.05, 0.1) is 17.7 Å². The minimum atomic E-state index is -0.671. The largest absolute Gasteiger partial charge is 0.452 e. The predicted molar refractivity (Wildman–Crippen MR) is 104 cm³/mol. The van der Waals surface area contributed by atoms with Crippen LogP contribution in [0.1, 0.15) is 35.3 Å². The second-order valence-corrected chi connectivity index (χ2v) is 6.25. The van der Waals surface area contributed by atoms with E-state index in [1.54, 1.807) is 31.2 Å². The van der Waals surface area contributed by atoms with Gasteiger partial charge in [0.15, 0.2) is 6.61 Å². The number of ether oxygens (including phenoxy) is 1. The van der Waals surface area contributed by atoms with Crippen LogP contribution in [0.2, 0.25) is 5.02 Å². The van der Waals surface area contributed by atoms with Crippen molar-refractivity contribution in [3.05, 3.63) is 64.7 Å². The summed E-state index contributed by atoms with van der Waals surface area (Å²) in [4.78, 5) is 35.4. The molecular weight excluding hydrogens is 382 g/mol. The van der Waals surface area contributed by atoms with Crippen LogP contribution in [0.25, 0.3) is 0 Å². The van der Waals surface area contributed by atoms with E-state index >= 15 is 0 Å². The SMILES string of the molecule is C[C@H](NC(=O)COC(=O)c1ccc(NC(=O)CC#N)cc1)c1ccccc1Cl. The Kier molecular flexibility index (Phi) is 7.55. The number of benzene rings is 2. The zero-order valence-corrected chi connectivity index (χ0v) is 15.8. The van der Waals surface area contributed by atoms with Gasteiger partial charge in [0.2, 0.25) is 5.91 Å². The lowest BCUT2D eigenvalue weighted by Crippen LogP contribution is -2.31. The molecular formula is C20H18ClN3O4. The standard InChI is InChI=1S/C20H18ClN3O4/c1-13(16-4-2-3-5-17(16)21)23-19(26)12-28-20(27)14-6-8-15(9-7-14)24-18(25)10-11-22/h2-9,13H,10,12H2,1H3,(H,23,26)(H,24,25)/t13-/m0/s1. The van der Waals surface area contributed by atoms with Crippen LogP contribution in [-0.4, -0.2) is 24.4 Å². The lowest BCUT2D eigenvalue weighted by molar-refractivity contribution is -0.124. The molecule has 0 fully saturated rings. The normalized spacial score (nSPS) is 11.0. The average Bonchev–Trinajstić information content (AvgIpc) is 2.67. The van der Waals surface area contributed by atoms with Crippen molar-refractivity contribution >= 4 is 35.1 Å². The maximum absolute atomic E-state index is 12.0. The van der Waals surface area contributed by atoms with E-state index in [2.05, 4.69) is 10.6 Å². The van der Waals surface area contributed by atoms with E-state index in [4.69, 9.17) is 21.6 Å². The van der Waals surface area contributed by atoms with Crippen LogP contribution in [-0.2, 0) is 14.3 Å². The van der Waals surface area contributed by atoms with Crippen LogP contribution in [0.5, 0.6) is 0 Å². The highest BCUT2D eigenvalue weighted by atomic mass is 35.5. The molecule has 2 N–H and O–H groups in total. The molecule has 7 nitrogen and oxygen atoms in total. The Labute approximate surface area is 167 Å². The maximum atomic E-state index is 12.0. The Morgan fingerprint density at radius 2 is 1.79 bits per heavy atom. The lowest BCUT2D eigenvalue weighted by atomic mass is 10.1. The van der Waals surface area contributed by atoms with Crippen molar-refractivity contribution in [1.29, 1.82) is 5.26 Å². The van der Waals surface area contributed by atoms with Crippen molar-refractivity contribution in [2.45, 2.75) is 19.4 Å². The number of carbonyl (C=O) groups excluding carboxylic acids is 3. The number of nitrogens with zero attached hydrogens (tertiary/aromatic N) is 1. The predicted octanol–water partition coefficient (Wildman–Crippen LogP) is 3.23. The van der Waals surface area contributed by atoms with Crippen LogP contribution in [0.3, 0.4) is 0 Å². The third-order valence-electron chi connectivity index (χ3n) is 3.73. The van der Waals surface area contributed by atoms with E-state index in [9.17, 15) is 14.4 Å². The summed E-state index contributed by atoms with van der Waals surface area (Å²) in [5.74, 6) is -1.57. The van der Waals surface area contributed by atoms with E-state index in [-0.39, 0.29) is 18.0 Å². The smallest absolute Gasteiger partial charge is 0.338 e. The van der Waals surface area contributed by atoms with E-state index in [0.29, 0.717) is 10.7 Å². The fourth-order valence-corrected chi connectivity index (χ4v) is 2.67. The lowest BCUT2D eigenvalue weighted by Gasteiger charge is -2.15. The summed E-state index contributed by atoms with van der Waals surface area (Å²) in [7, 11) is 0. The number of esters is 1. The van der Waals surface area contributed by atoms with E-state index < -0.39 is 24.4 Å². The van der Waals surface area contributed by atoms with Crippen LogP contribution in [0.4, 0.5) is 5.69 Å². The molecule has 0 aliphatic rings. The quantitative estimate of drug-likeness (QED) is 0.695. The number of amides is 2. The van der Waals surface area contributed by atoms with Gasteiger partial charge >= 0.3 is 5.97 Å². The molecule has 144 valence electrons. The maximum Gasteiger partial charge on any atom is 0.338 e. The van der Waals surface area contributed by atoms with Gasteiger partial charge < -0.3 is 15.4 Å². The van der Waals surface area contributed by atoms with Gasteiger partial charge in [-0.25, -0.2) is 4.79 Å². The molecule has 2 rings (SSSR count). The number of hydrogen-bond donors (Lipinski definition) is 2. The summed E-state index contributed by atoms with van der Waals surface area (Å²) in [5, 5.41) is 14.2. The zero-order chi connectivity index (χ0) is 20.5. The first-order valence-electron chi connectivity index (χ1n) is 8.38. The number of nitrogens with one attached hydrogen (secondary N) is 2. The average molecular weight is 400 g/mol. The molecule has 0 aliphatic carbocycles. The van der Waals surface area contributed by atoms with E-state index in [1.807, 2.05) is 6.07 Å². The fourth-order valence-electron chi connectivity index (χ4n) is 2.37.